The number of aromatic hydroxyl groups is 1. The second kappa shape index (κ2) is 3.18. The largest absolute Gasteiger partial charge is 0.508 e. The van der Waals surface area contributed by atoms with Gasteiger partial charge in [-0.2, -0.15) is 0 Å². The average molecular weight is 194 g/mol. The van der Waals surface area contributed by atoms with Crippen molar-refractivity contribution < 1.29 is 5.11 Å². The van der Waals surface area contributed by atoms with E-state index in [9.17, 15) is 5.11 Å². The summed E-state index contributed by atoms with van der Waals surface area (Å²) in [5, 5.41) is 11.0. The summed E-state index contributed by atoms with van der Waals surface area (Å²) in [5.41, 5.74) is 2.21. The standard InChI is InChI=1S/C11H18OSi/c1-8-6-10(12)9(2)11(7-8)13(3,4)5/h6-7,12H,1-5H3. The summed E-state index contributed by atoms with van der Waals surface area (Å²) in [4.78, 5) is 0. The molecule has 0 unspecified atom stereocenters. The summed E-state index contributed by atoms with van der Waals surface area (Å²) in [6.45, 7) is 10.9. The molecule has 72 valence electrons. The number of phenols is 1. The van der Waals surface area contributed by atoms with Crippen LogP contribution in [0.2, 0.25) is 19.6 Å². The van der Waals surface area contributed by atoms with Crippen LogP contribution in [-0.4, -0.2) is 13.2 Å². The molecule has 0 amide bonds. The molecule has 13 heavy (non-hydrogen) atoms. The molecule has 1 aromatic rings. The lowest BCUT2D eigenvalue weighted by atomic mass is 10.1. The molecule has 0 aromatic heterocycles. The van der Waals surface area contributed by atoms with E-state index in [1.54, 1.807) is 0 Å². The second-order valence-electron chi connectivity index (χ2n) is 4.71. The first-order valence-electron chi connectivity index (χ1n) is 4.63. The molecule has 0 aliphatic rings. The van der Waals surface area contributed by atoms with E-state index in [1.807, 2.05) is 19.9 Å². The van der Waals surface area contributed by atoms with Crippen LogP contribution in [0.25, 0.3) is 0 Å². The molecule has 0 fully saturated rings. The average Bonchev–Trinajstić information content (AvgIpc) is 1.94. The van der Waals surface area contributed by atoms with E-state index >= 15 is 0 Å². The summed E-state index contributed by atoms with van der Waals surface area (Å²) in [6.07, 6.45) is 0. The summed E-state index contributed by atoms with van der Waals surface area (Å²) in [6, 6.07) is 4.04. The van der Waals surface area contributed by atoms with Crippen molar-refractivity contribution >= 4 is 13.3 Å². The summed E-state index contributed by atoms with van der Waals surface area (Å²) < 4.78 is 0. The van der Waals surface area contributed by atoms with Crippen molar-refractivity contribution in [3.05, 3.63) is 23.3 Å². The van der Waals surface area contributed by atoms with Gasteiger partial charge in [0.15, 0.2) is 0 Å². The molecule has 0 saturated carbocycles. The van der Waals surface area contributed by atoms with Gasteiger partial charge in [0.05, 0.1) is 8.07 Å². The lowest BCUT2D eigenvalue weighted by Gasteiger charge is -2.20. The minimum atomic E-state index is -1.30. The lowest BCUT2D eigenvalue weighted by molar-refractivity contribution is 0.471. The van der Waals surface area contributed by atoms with Gasteiger partial charge in [0.2, 0.25) is 0 Å². The lowest BCUT2D eigenvalue weighted by Crippen LogP contribution is -2.39. The molecule has 0 saturated heterocycles. The maximum Gasteiger partial charge on any atom is 0.118 e. The second-order valence-corrected chi connectivity index (χ2v) is 9.75. The molecule has 0 heterocycles. The fraction of sp³-hybridized carbons (Fsp3) is 0.455. The van der Waals surface area contributed by atoms with Gasteiger partial charge in [0.25, 0.3) is 0 Å². The SMILES string of the molecule is Cc1cc(O)c(C)c([Si](C)(C)C)c1. The van der Waals surface area contributed by atoms with Gasteiger partial charge in [-0.3, -0.25) is 0 Å². The number of phenolic OH excluding ortho intramolecular Hbond substituents is 1. The van der Waals surface area contributed by atoms with E-state index in [2.05, 4.69) is 25.7 Å². The summed E-state index contributed by atoms with van der Waals surface area (Å²) in [5.74, 6) is 0.442. The quantitative estimate of drug-likeness (QED) is 0.681. The molecule has 1 aromatic carbocycles. The number of aryl methyl sites for hydroxylation is 1. The van der Waals surface area contributed by atoms with E-state index in [-0.39, 0.29) is 0 Å². The molecular formula is C11H18OSi. The third-order valence-corrected chi connectivity index (χ3v) is 4.47. The van der Waals surface area contributed by atoms with Crippen molar-refractivity contribution in [2.24, 2.45) is 0 Å². The van der Waals surface area contributed by atoms with Crippen LogP contribution < -0.4 is 5.19 Å². The highest BCUT2D eigenvalue weighted by Crippen LogP contribution is 2.18. The van der Waals surface area contributed by atoms with Crippen LogP contribution in [0.3, 0.4) is 0 Å². The first kappa shape index (κ1) is 10.3. The Morgan fingerprint density at radius 1 is 1.08 bits per heavy atom. The predicted molar refractivity (Wildman–Crippen MR) is 60.6 cm³/mol. The van der Waals surface area contributed by atoms with Crippen LogP contribution in [0.4, 0.5) is 0 Å². The Morgan fingerprint density at radius 3 is 2.08 bits per heavy atom. The molecule has 1 N–H and O–H groups in total. The van der Waals surface area contributed by atoms with E-state index in [0.717, 1.165) is 11.1 Å². The highest BCUT2D eigenvalue weighted by atomic mass is 28.3. The number of benzene rings is 1. The van der Waals surface area contributed by atoms with Gasteiger partial charge in [-0.15, -0.1) is 0 Å². The van der Waals surface area contributed by atoms with Gasteiger partial charge in [0, 0.05) is 0 Å². The van der Waals surface area contributed by atoms with Crippen LogP contribution in [-0.2, 0) is 0 Å². The Kier molecular flexibility index (Phi) is 2.53. The number of hydrogen-bond donors (Lipinski definition) is 1. The van der Waals surface area contributed by atoms with E-state index in [4.69, 9.17) is 0 Å². The maximum atomic E-state index is 9.67. The zero-order valence-corrected chi connectivity index (χ0v) is 10.1. The third-order valence-electron chi connectivity index (χ3n) is 2.33. The Balaban J connectivity index is 3.37. The van der Waals surface area contributed by atoms with Crippen molar-refractivity contribution in [3.63, 3.8) is 0 Å². The molecule has 1 nitrogen and oxygen atoms in total. The fourth-order valence-electron chi connectivity index (χ4n) is 1.62. The van der Waals surface area contributed by atoms with Crippen LogP contribution >= 0.6 is 0 Å². The molecule has 0 atom stereocenters. The van der Waals surface area contributed by atoms with Gasteiger partial charge in [-0.1, -0.05) is 30.9 Å². The van der Waals surface area contributed by atoms with Gasteiger partial charge in [-0.25, -0.2) is 0 Å². The molecule has 0 radical (unpaired) electrons. The maximum absolute atomic E-state index is 9.67. The molecule has 0 bridgehead atoms. The van der Waals surface area contributed by atoms with Gasteiger partial charge < -0.3 is 5.11 Å². The van der Waals surface area contributed by atoms with Crippen molar-refractivity contribution in [2.45, 2.75) is 33.5 Å². The van der Waals surface area contributed by atoms with E-state index in [0.29, 0.717) is 5.75 Å². The number of rotatable bonds is 1. The fourth-order valence-corrected chi connectivity index (χ4v) is 3.53. The van der Waals surface area contributed by atoms with Crippen molar-refractivity contribution in [1.82, 2.24) is 0 Å². The topological polar surface area (TPSA) is 20.2 Å². The molecule has 0 aliphatic heterocycles. The third kappa shape index (κ3) is 2.13. The Bertz CT molecular complexity index is 324. The van der Waals surface area contributed by atoms with Crippen molar-refractivity contribution in [2.75, 3.05) is 0 Å². The normalized spacial score (nSPS) is 11.8. The van der Waals surface area contributed by atoms with Crippen LogP contribution in [0.5, 0.6) is 5.75 Å². The summed E-state index contributed by atoms with van der Waals surface area (Å²) >= 11 is 0. The Hall–Kier alpha value is -0.763. The number of hydrogen-bond acceptors (Lipinski definition) is 1. The molecular weight excluding hydrogens is 176 g/mol. The monoisotopic (exact) mass is 194 g/mol. The molecule has 0 spiro atoms. The summed E-state index contributed by atoms with van der Waals surface area (Å²) in [7, 11) is -1.30. The van der Waals surface area contributed by atoms with Crippen molar-refractivity contribution in [1.29, 1.82) is 0 Å². The Morgan fingerprint density at radius 2 is 1.62 bits per heavy atom. The minimum Gasteiger partial charge on any atom is -0.508 e. The van der Waals surface area contributed by atoms with Crippen LogP contribution in [0, 0.1) is 13.8 Å². The van der Waals surface area contributed by atoms with Gasteiger partial charge in [-0.05, 0) is 31.0 Å². The van der Waals surface area contributed by atoms with Crippen LogP contribution in [0.15, 0.2) is 12.1 Å². The van der Waals surface area contributed by atoms with Crippen LogP contribution in [0.1, 0.15) is 11.1 Å². The zero-order chi connectivity index (χ0) is 10.2. The predicted octanol–water partition coefficient (Wildman–Crippen LogP) is 2.55. The molecule has 1 rings (SSSR count). The zero-order valence-electron chi connectivity index (χ0n) is 9.10. The molecule has 2 heteroatoms. The smallest absolute Gasteiger partial charge is 0.118 e. The first-order chi connectivity index (χ1) is 5.82. The van der Waals surface area contributed by atoms with E-state index in [1.165, 1.54) is 5.19 Å². The van der Waals surface area contributed by atoms with Gasteiger partial charge >= 0.3 is 0 Å². The Labute approximate surface area is 81.4 Å². The first-order valence-corrected chi connectivity index (χ1v) is 8.13. The minimum absolute atomic E-state index is 0.442. The molecule has 0 aliphatic carbocycles. The van der Waals surface area contributed by atoms with Gasteiger partial charge in [0.1, 0.15) is 5.75 Å². The van der Waals surface area contributed by atoms with Crippen molar-refractivity contribution in [3.8, 4) is 5.75 Å². The highest BCUT2D eigenvalue weighted by Gasteiger charge is 2.20. The highest BCUT2D eigenvalue weighted by molar-refractivity contribution is 6.89. The van der Waals surface area contributed by atoms with E-state index < -0.39 is 8.07 Å².